The summed E-state index contributed by atoms with van der Waals surface area (Å²) >= 11 is 0. The van der Waals surface area contributed by atoms with Gasteiger partial charge >= 0.3 is 0 Å². The van der Waals surface area contributed by atoms with Gasteiger partial charge in [0.1, 0.15) is 0 Å². The molecular weight excluding hydrogens is 408 g/mol. The van der Waals surface area contributed by atoms with E-state index < -0.39 is 0 Å². The third kappa shape index (κ3) is 5.66. The van der Waals surface area contributed by atoms with Crippen LogP contribution in [0.5, 0.6) is 0 Å². The van der Waals surface area contributed by atoms with Gasteiger partial charge in [-0.15, -0.1) is 0 Å². The molecule has 0 unspecified atom stereocenters. The van der Waals surface area contributed by atoms with Crippen LogP contribution in [0.15, 0.2) is 59.4 Å². The summed E-state index contributed by atoms with van der Waals surface area (Å²) in [6.07, 6.45) is 3.48. The van der Waals surface area contributed by atoms with Crippen LogP contribution in [0.1, 0.15) is 49.1 Å². The van der Waals surface area contributed by atoms with E-state index in [-0.39, 0.29) is 5.56 Å². The van der Waals surface area contributed by atoms with Crippen molar-refractivity contribution in [1.29, 1.82) is 0 Å². The highest BCUT2D eigenvalue weighted by Gasteiger charge is 2.22. The van der Waals surface area contributed by atoms with Crippen LogP contribution in [-0.4, -0.2) is 33.4 Å². The molecule has 2 aromatic carbocycles. The summed E-state index contributed by atoms with van der Waals surface area (Å²) in [5.74, 6) is 0.690. The van der Waals surface area contributed by atoms with Gasteiger partial charge in [0.2, 0.25) is 0 Å². The predicted octanol–water partition coefficient (Wildman–Crippen LogP) is 4.44. The van der Waals surface area contributed by atoms with E-state index in [1.165, 1.54) is 17.5 Å². The molecule has 4 rings (SSSR count). The maximum absolute atomic E-state index is 13.2. The van der Waals surface area contributed by atoms with Crippen molar-refractivity contribution < 1.29 is 0 Å². The summed E-state index contributed by atoms with van der Waals surface area (Å²) in [5, 5.41) is 3.69. The average molecular weight is 447 g/mol. The molecule has 3 aromatic rings. The molecule has 0 bridgehead atoms. The van der Waals surface area contributed by atoms with E-state index in [0.717, 1.165) is 49.4 Å². The first kappa shape index (κ1) is 23.5. The monoisotopic (exact) mass is 446 g/mol. The van der Waals surface area contributed by atoms with Gasteiger partial charge in [0, 0.05) is 38.4 Å². The standard InChI is InChI=1S/C28H38N4O/c1-21(2)17-23-12-14-24(15-13-23)19-31-16-8-9-25(20-31)29-18-27-22(3)30(4)32(28(27)33)26-10-6-5-7-11-26/h5-7,10-15,21,25,29H,8-9,16-20H2,1-4H3/t25-/m0/s1. The fourth-order valence-electron chi connectivity index (χ4n) is 4.95. The van der Waals surface area contributed by atoms with Crippen molar-refractivity contribution >= 4 is 0 Å². The van der Waals surface area contributed by atoms with Gasteiger partial charge in [-0.05, 0) is 61.9 Å². The van der Waals surface area contributed by atoms with Gasteiger partial charge in [0.05, 0.1) is 11.3 Å². The van der Waals surface area contributed by atoms with Gasteiger partial charge in [0.15, 0.2) is 0 Å². The summed E-state index contributed by atoms with van der Waals surface area (Å²) in [6, 6.07) is 19.4. The van der Waals surface area contributed by atoms with Crippen molar-refractivity contribution in [3.05, 3.63) is 87.3 Å². The number of nitrogens with zero attached hydrogens (tertiary/aromatic N) is 3. The smallest absolute Gasteiger partial charge is 0.276 e. The Balaban J connectivity index is 1.37. The van der Waals surface area contributed by atoms with E-state index in [9.17, 15) is 4.79 Å². The van der Waals surface area contributed by atoms with Gasteiger partial charge in [-0.2, -0.15) is 0 Å². The molecule has 0 spiro atoms. The zero-order chi connectivity index (χ0) is 23.4. The van der Waals surface area contributed by atoms with Crippen LogP contribution in [0.4, 0.5) is 0 Å². The van der Waals surface area contributed by atoms with E-state index in [0.29, 0.717) is 18.5 Å². The molecule has 1 atom stereocenters. The number of para-hydroxylation sites is 1. The summed E-state index contributed by atoms with van der Waals surface area (Å²) in [6.45, 7) is 10.3. The maximum Gasteiger partial charge on any atom is 0.276 e. The van der Waals surface area contributed by atoms with Crippen molar-refractivity contribution in [2.75, 3.05) is 13.1 Å². The van der Waals surface area contributed by atoms with E-state index in [1.54, 1.807) is 4.68 Å². The van der Waals surface area contributed by atoms with Gasteiger partial charge in [-0.25, -0.2) is 4.68 Å². The Labute approximate surface area is 198 Å². The molecule has 5 heteroatoms. The SMILES string of the molecule is Cc1c(CN[C@H]2CCCN(Cc3ccc(CC(C)C)cc3)C2)c(=O)n(-c2ccccc2)n1C. The van der Waals surface area contributed by atoms with Crippen LogP contribution in [0, 0.1) is 12.8 Å². The largest absolute Gasteiger partial charge is 0.308 e. The quantitative estimate of drug-likeness (QED) is 0.556. The molecular formula is C28H38N4O. The number of hydrogen-bond acceptors (Lipinski definition) is 3. The lowest BCUT2D eigenvalue weighted by Gasteiger charge is -2.33. The Kier molecular flexibility index (Phi) is 7.51. The first-order valence-electron chi connectivity index (χ1n) is 12.3. The summed E-state index contributed by atoms with van der Waals surface area (Å²) in [4.78, 5) is 15.7. The minimum atomic E-state index is 0.0721. The molecule has 1 fully saturated rings. The third-order valence-electron chi connectivity index (χ3n) is 6.82. The van der Waals surface area contributed by atoms with Crippen LogP contribution in [-0.2, 0) is 26.6 Å². The Morgan fingerprint density at radius 3 is 2.42 bits per heavy atom. The summed E-state index contributed by atoms with van der Waals surface area (Å²) in [7, 11) is 1.96. The van der Waals surface area contributed by atoms with Crippen LogP contribution in [0.25, 0.3) is 5.69 Å². The number of benzene rings is 2. The summed E-state index contributed by atoms with van der Waals surface area (Å²) < 4.78 is 3.73. The minimum Gasteiger partial charge on any atom is -0.308 e. The zero-order valence-corrected chi connectivity index (χ0v) is 20.6. The number of piperidine rings is 1. The predicted molar refractivity (Wildman–Crippen MR) is 136 cm³/mol. The highest BCUT2D eigenvalue weighted by atomic mass is 16.1. The fourth-order valence-corrected chi connectivity index (χ4v) is 4.95. The second-order valence-electron chi connectivity index (χ2n) is 9.91. The average Bonchev–Trinajstić information content (AvgIpc) is 3.02. The van der Waals surface area contributed by atoms with Crippen molar-refractivity contribution in [2.45, 2.75) is 59.2 Å². The van der Waals surface area contributed by atoms with E-state index >= 15 is 0 Å². The Morgan fingerprint density at radius 1 is 1.03 bits per heavy atom. The fraction of sp³-hybridized carbons (Fsp3) is 0.464. The van der Waals surface area contributed by atoms with Crippen LogP contribution in [0.2, 0.25) is 0 Å². The molecule has 1 aromatic heterocycles. The number of likely N-dealkylation sites (tertiary alicyclic amines) is 1. The second kappa shape index (κ2) is 10.5. The molecule has 1 saturated heterocycles. The van der Waals surface area contributed by atoms with Gasteiger partial charge in [-0.3, -0.25) is 14.4 Å². The van der Waals surface area contributed by atoms with E-state index in [2.05, 4.69) is 48.3 Å². The van der Waals surface area contributed by atoms with Crippen molar-refractivity contribution in [3.63, 3.8) is 0 Å². The van der Waals surface area contributed by atoms with Crippen LogP contribution < -0.4 is 10.9 Å². The maximum atomic E-state index is 13.2. The Bertz CT molecular complexity index is 1100. The van der Waals surface area contributed by atoms with Gasteiger partial charge < -0.3 is 5.32 Å². The van der Waals surface area contributed by atoms with E-state index in [1.807, 2.05) is 49.0 Å². The van der Waals surface area contributed by atoms with Crippen molar-refractivity contribution in [2.24, 2.45) is 13.0 Å². The Morgan fingerprint density at radius 2 is 1.73 bits per heavy atom. The molecule has 1 aliphatic heterocycles. The molecule has 33 heavy (non-hydrogen) atoms. The number of nitrogens with one attached hydrogen (secondary N) is 1. The first-order chi connectivity index (χ1) is 15.9. The first-order valence-corrected chi connectivity index (χ1v) is 12.3. The van der Waals surface area contributed by atoms with Crippen LogP contribution in [0.3, 0.4) is 0 Å². The normalized spacial score (nSPS) is 17.1. The third-order valence-corrected chi connectivity index (χ3v) is 6.82. The molecule has 1 aliphatic rings. The number of aromatic nitrogens is 2. The Hall–Kier alpha value is -2.63. The molecule has 0 radical (unpaired) electrons. The lowest BCUT2D eigenvalue weighted by Crippen LogP contribution is -2.45. The lowest BCUT2D eigenvalue weighted by molar-refractivity contribution is 0.182. The lowest BCUT2D eigenvalue weighted by atomic mass is 10.0. The van der Waals surface area contributed by atoms with Gasteiger partial charge in [-0.1, -0.05) is 56.3 Å². The molecule has 0 amide bonds. The molecule has 2 heterocycles. The second-order valence-corrected chi connectivity index (χ2v) is 9.91. The van der Waals surface area contributed by atoms with Crippen molar-refractivity contribution in [3.8, 4) is 5.69 Å². The van der Waals surface area contributed by atoms with Crippen molar-refractivity contribution in [1.82, 2.24) is 19.6 Å². The molecule has 176 valence electrons. The van der Waals surface area contributed by atoms with E-state index in [4.69, 9.17) is 0 Å². The topological polar surface area (TPSA) is 42.2 Å². The van der Waals surface area contributed by atoms with Gasteiger partial charge in [0.25, 0.3) is 5.56 Å². The number of hydrogen-bond donors (Lipinski definition) is 1. The van der Waals surface area contributed by atoms with Crippen LogP contribution >= 0.6 is 0 Å². The molecule has 0 aliphatic carbocycles. The highest BCUT2D eigenvalue weighted by molar-refractivity contribution is 5.33. The number of rotatable bonds is 8. The molecule has 5 nitrogen and oxygen atoms in total. The zero-order valence-electron chi connectivity index (χ0n) is 20.6. The minimum absolute atomic E-state index is 0.0721. The highest BCUT2D eigenvalue weighted by Crippen LogP contribution is 2.17. The molecule has 1 N–H and O–H groups in total. The molecule has 0 saturated carbocycles. The summed E-state index contributed by atoms with van der Waals surface area (Å²) in [5.41, 5.74) is 5.66.